The van der Waals surface area contributed by atoms with Gasteiger partial charge in [0.2, 0.25) is 0 Å². The summed E-state index contributed by atoms with van der Waals surface area (Å²) in [5.74, 6) is 1.57. The summed E-state index contributed by atoms with van der Waals surface area (Å²) in [4.78, 5) is 3.26. The number of aromatic nitrogens is 1. The van der Waals surface area contributed by atoms with Crippen LogP contribution in [0.4, 0.5) is 0 Å². The number of methoxy groups -OCH3 is 2. The fraction of sp³-hybridized carbons (Fsp3) is 0.300. The Hall–Kier alpha value is -2.46. The minimum atomic E-state index is 0.207. The van der Waals surface area contributed by atoms with E-state index in [0.717, 1.165) is 23.6 Å². The average molecular weight is 324 g/mol. The number of nitrogens with one attached hydrogen (secondary N) is 2. The number of H-pyrrole nitrogens is 1. The molecule has 1 aromatic heterocycles. The van der Waals surface area contributed by atoms with E-state index in [1.165, 1.54) is 22.0 Å². The van der Waals surface area contributed by atoms with Crippen LogP contribution < -0.4 is 14.8 Å². The molecule has 3 rings (SSSR count). The van der Waals surface area contributed by atoms with Crippen molar-refractivity contribution in [1.82, 2.24) is 10.3 Å². The zero-order valence-electron chi connectivity index (χ0n) is 14.6. The molecule has 0 aliphatic carbocycles. The third kappa shape index (κ3) is 2.97. The van der Waals surface area contributed by atoms with Gasteiger partial charge in [-0.05, 0) is 48.7 Å². The predicted octanol–water partition coefficient (Wildman–Crippen LogP) is 4.34. The zero-order valence-corrected chi connectivity index (χ0v) is 14.6. The lowest BCUT2D eigenvalue weighted by atomic mass is 10.0. The largest absolute Gasteiger partial charge is 0.493 e. The Balaban J connectivity index is 1.80. The SMILES string of the molecule is COc1ccc(C(C)NCc2cccc3[nH]ccc23)c(C)c1OC. The van der Waals surface area contributed by atoms with Crippen LogP contribution in [0.15, 0.2) is 42.6 Å². The minimum absolute atomic E-state index is 0.207. The smallest absolute Gasteiger partial charge is 0.163 e. The van der Waals surface area contributed by atoms with Gasteiger partial charge in [0.1, 0.15) is 0 Å². The number of hydrogen-bond donors (Lipinski definition) is 2. The Kier molecular flexibility index (Phi) is 4.76. The second-order valence-electron chi connectivity index (χ2n) is 5.97. The van der Waals surface area contributed by atoms with Crippen molar-refractivity contribution in [1.29, 1.82) is 0 Å². The first-order valence-electron chi connectivity index (χ1n) is 8.15. The normalized spacial score (nSPS) is 12.3. The lowest BCUT2D eigenvalue weighted by molar-refractivity contribution is 0.351. The molecule has 1 atom stereocenters. The van der Waals surface area contributed by atoms with Crippen LogP contribution in [0.3, 0.4) is 0 Å². The quantitative estimate of drug-likeness (QED) is 0.709. The van der Waals surface area contributed by atoms with Crippen LogP contribution in [0.5, 0.6) is 11.5 Å². The van der Waals surface area contributed by atoms with Crippen molar-refractivity contribution in [3.05, 3.63) is 59.3 Å². The van der Waals surface area contributed by atoms with Crippen molar-refractivity contribution in [3.63, 3.8) is 0 Å². The van der Waals surface area contributed by atoms with Crippen LogP contribution in [0.1, 0.15) is 29.7 Å². The fourth-order valence-corrected chi connectivity index (χ4v) is 3.24. The first kappa shape index (κ1) is 16.4. The fourth-order valence-electron chi connectivity index (χ4n) is 3.24. The third-order valence-electron chi connectivity index (χ3n) is 4.59. The molecule has 0 saturated carbocycles. The first-order valence-corrected chi connectivity index (χ1v) is 8.15. The Labute approximate surface area is 142 Å². The van der Waals surface area contributed by atoms with Gasteiger partial charge in [-0.25, -0.2) is 0 Å². The molecule has 3 aromatic rings. The molecule has 126 valence electrons. The summed E-state index contributed by atoms with van der Waals surface area (Å²) in [5.41, 5.74) is 4.79. The van der Waals surface area contributed by atoms with Crippen LogP contribution in [-0.2, 0) is 6.54 Å². The summed E-state index contributed by atoms with van der Waals surface area (Å²) in [6, 6.07) is 12.7. The summed E-state index contributed by atoms with van der Waals surface area (Å²) in [6.45, 7) is 5.05. The van der Waals surface area contributed by atoms with Gasteiger partial charge in [-0.15, -0.1) is 0 Å². The lowest BCUT2D eigenvalue weighted by Crippen LogP contribution is -2.19. The third-order valence-corrected chi connectivity index (χ3v) is 4.59. The molecule has 24 heavy (non-hydrogen) atoms. The molecule has 2 aromatic carbocycles. The second-order valence-corrected chi connectivity index (χ2v) is 5.97. The van der Waals surface area contributed by atoms with Gasteiger partial charge in [-0.2, -0.15) is 0 Å². The molecule has 0 bridgehead atoms. The maximum absolute atomic E-state index is 5.51. The van der Waals surface area contributed by atoms with Crippen molar-refractivity contribution < 1.29 is 9.47 Å². The van der Waals surface area contributed by atoms with E-state index in [4.69, 9.17) is 9.47 Å². The molecule has 1 heterocycles. The molecule has 2 N–H and O–H groups in total. The van der Waals surface area contributed by atoms with E-state index >= 15 is 0 Å². The summed E-state index contributed by atoms with van der Waals surface area (Å²) < 4.78 is 10.9. The van der Waals surface area contributed by atoms with Crippen molar-refractivity contribution in [2.45, 2.75) is 26.4 Å². The van der Waals surface area contributed by atoms with Crippen LogP contribution in [-0.4, -0.2) is 19.2 Å². The highest BCUT2D eigenvalue weighted by Crippen LogP contribution is 2.35. The monoisotopic (exact) mass is 324 g/mol. The molecule has 1 unspecified atom stereocenters. The van der Waals surface area contributed by atoms with E-state index in [2.05, 4.69) is 54.5 Å². The van der Waals surface area contributed by atoms with Crippen LogP contribution in [0.25, 0.3) is 10.9 Å². The van der Waals surface area contributed by atoms with Crippen molar-refractivity contribution in [2.24, 2.45) is 0 Å². The first-order chi connectivity index (χ1) is 11.7. The van der Waals surface area contributed by atoms with Crippen molar-refractivity contribution >= 4 is 10.9 Å². The Morgan fingerprint density at radius 3 is 2.67 bits per heavy atom. The van der Waals surface area contributed by atoms with Gasteiger partial charge in [-0.1, -0.05) is 18.2 Å². The lowest BCUT2D eigenvalue weighted by Gasteiger charge is -2.20. The molecule has 0 aliphatic rings. The van der Waals surface area contributed by atoms with Gasteiger partial charge in [0.15, 0.2) is 11.5 Å². The molecule has 0 spiro atoms. The van der Waals surface area contributed by atoms with Gasteiger partial charge in [0.25, 0.3) is 0 Å². The van der Waals surface area contributed by atoms with Gasteiger partial charge in [0, 0.05) is 29.7 Å². The topological polar surface area (TPSA) is 46.3 Å². The van der Waals surface area contributed by atoms with E-state index in [1.807, 2.05) is 12.3 Å². The zero-order chi connectivity index (χ0) is 17.1. The van der Waals surface area contributed by atoms with Crippen molar-refractivity contribution in [3.8, 4) is 11.5 Å². The Morgan fingerprint density at radius 2 is 1.92 bits per heavy atom. The molecule has 0 amide bonds. The number of ether oxygens (including phenoxy) is 2. The summed E-state index contributed by atoms with van der Waals surface area (Å²) >= 11 is 0. The number of rotatable bonds is 6. The highest BCUT2D eigenvalue weighted by atomic mass is 16.5. The number of hydrogen-bond acceptors (Lipinski definition) is 3. The summed E-state index contributed by atoms with van der Waals surface area (Å²) in [6.07, 6.45) is 1.98. The molecule has 0 fully saturated rings. The van der Waals surface area contributed by atoms with E-state index in [0.29, 0.717) is 0 Å². The summed E-state index contributed by atoms with van der Waals surface area (Å²) in [5, 5.41) is 4.88. The molecular weight excluding hydrogens is 300 g/mol. The van der Waals surface area contributed by atoms with E-state index in [9.17, 15) is 0 Å². The number of benzene rings is 2. The van der Waals surface area contributed by atoms with Gasteiger partial charge >= 0.3 is 0 Å². The van der Waals surface area contributed by atoms with Gasteiger partial charge in [-0.3, -0.25) is 0 Å². The van der Waals surface area contributed by atoms with Crippen LogP contribution >= 0.6 is 0 Å². The molecular formula is C20H24N2O2. The maximum Gasteiger partial charge on any atom is 0.163 e. The Bertz CT molecular complexity index is 839. The van der Waals surface area contributed by atoms with E-state index in [-0.39, 0.29) is 6.04 Å². The van der Waals surface area contributed by atoms with E-state index < -0.39 is 0 Å². The number of fused-ring (bicyclic) bond motifs is 1. The predicted molar refractivity (Wildman–Crippen MR) is 97.8 cm³/mol. The standard InChI is InChI=1S/C20H24N2O2/c1-13-16(8-9-19(23-3)20(13)24-4)14(2)22-12-15-6-5-7-18-17(15)10-11-21-18/h5-11,14,21-22H,12H2,1-4H3. The molecule has 4 heteroatoms. The summed E-state index contributed by atoms with van der Waals surface area (Å²) in [7, 11) is 3.34. The molecule has 0 saturated heterocycles. The highest BCUT2D eigenvalue weighted by molar-refractivity contribution is 5.82. The highest BCUT2D eigenvalue weighted by Gasteiger charge is 2.15. The minimum Gasteiger partial charge on any atom is -0.493 e. The van der Waals surface area contributed by atoms with Gasteiger partial charge in [0.05, 0.1) is 14.2 Å². The average Bonchev–Trinajstić information content (AvgIpc) is 3.08. The molecule has 4 nitrogen and oxygen atoms in total. The van der Waals surface area contributed by atoms with E-state index in [1.54, 1.807) is 14.2 Å². The van der Waals surface area contributed by atoms with Gasteiger partial charge < -0.3 is 19.8 Å². The van der Waals surface area contributed by atoms with Crippen molar-refractivity contribution in [2.75, 3.05) is 14.2 Å². The van der Waals surface area contributed by atoms with Crippen LogP contribution in [0.2, 0.25) is 0 Å². The molecule has 0 radical (unpaired) electrons. The van der Waals surface area contributed by atoms with Crippen LogP contribution in [0, 0.1) is 6.92 Å². The molecule has 0 aliphatic heterocycles. The number of aromatic amines is 1. The maximum atomic E-state index is 5.51. The second kappa shape index (κ2) is 6.97. The Morgan fingerprint density at radius 1 is 1.08 bits per heavy atom.